The summed E-state index contributed by atoms with van der Waals surface area (Å²) >= 11 is 0. The highest BCUT2D eigenvalue weighted by Gasteiger charge is 2.25. The lowest BCUT2D eigenvalue weighted by molar-refractivity contribution is -0.120. The summed E-state index contributed by atoms with van der Waals surface area (Å²) in [7, 11) is 0. The van der Waals surface area contributed by atoms with E-state index in [1.807, 2.05) is 37.3 Å². The summed E-state index contributed by atoms with van der Waals surface area (Å²) in [5, 5.41) is 9.97. The summed E-state index contributed by atoms with van der Waals surface area (Å²) in [6, 6.07) is 15.2. The number of carbonyl (C=O) groups excluding carboxylic acids is 3. The molecule has 1 saturated carbocycles. The standard InChI is InChI=1S/C28H34N6O3/c1-18(32-28(37)23-17-31-34(25(23)29)22-10-6-3-7-11-22)20-12-14-21(15-13-20)27(36)33-24(26(30)35)16-19-8-4-2-5-9-19/h3,6-7,10-15,17-19,24H,2,4-5,8-9,16,29H2,1H3,(H2,30,35)(H,32,37)(H,33,36)/t18?,24-/m0/s1. The summed E-state index contributed by atoms with van der Waals surface area (Å²) < 4.78 is 1.51. The van der Waals surface area contributed by atoms with Gasteiger partial charge in [-0.15, -0.1) is 0 Å². The Morgan fingerprint density at radius 1 is 0.973 bits per heavy atom. The van der Waals surface area contributed by atoms with Gasteiger partial charge in [-0.2, -0.15) is 5.10 Å². The molecule has 3 amide bonds. The molecule has 0 bridgehead atoms. The maximum Gasteiger partial charge on any atom is 0.257 e. The van der Waals surface area contributed by atoms with E-state index in [1.54, 1.807) is 24.3 Å². The molecule has 2 aromatic carbocycles. The van der Waals surface area contributed by atoms with Gasteiger partial charge in [-0.25, -0.2) is 4.68 Å². The molecule has 0 saturated heterocycles. The van der Waals surface area contributed by atoms with E-state index in [1.165, 1.54) is 17.3 Å². The SMILES string of the molecule is CC(NC(=O)c1cnn(-c2ccccc2)c1N)c1ccc(C(=O)N[C@@H](CC2CCCCC2)C(N)=O)cc1. The fraction of sp³-hybridized carbons (Fsp3) is 0.357. The Morgan fingerprint density at radius 2 is 1.65 bits per heavy atom. The number of amides is 3. The maximum atomic E-state index is 12.9. The third-order valence-corrected chi connectivity index (χ3v) is 7.01. The lowest BCUT2D eigenvalue weighted by Crippen LogP contribution is -2.45. The monoisotopic (exact) mass is 502 g/mol. The predicted molar refractivity (Wildman–Crippen MR) is 142 cm³/mol. The van der Waals surface area contributed by atoms with Crippen LogP contribution in [0, 0.1) is 5.92 Å². The van der Waals surface area contributed by atoms with Crippen molar-refractivity contribution in [2.24, 2.45) is 11.7 Å². The van der Waals surface area contributed by atoms with E-state index in [-0.39, 0.29) is 29.2 Å². The third-order valence-electron chi connectivity index (χ3n) is 7.01. The van der Waals surface area contributed by atoms with E-state index >= 15 is 0 Å². The van der Waals surface area contributed by atoms with Crippen molar-refractivity contribution < 1.29 is 14.4 Å². The highest BCUT2D eigenvalue weighted by molar-refractivity contribution is 5.99. The molecule has 9 heteroatoms. The maximum absolute atomic E-state index is 12.9. The first kappa shape index (κ1) is 25.9. The van der Waals surface area contributed by atoms with Gasteiger partial charge in [0, 0.05) is 5.56 Å². The van der Waals surface area contributed by atoms with Gasteiger partial charge in [0.25, 0.3) is 11.8 Å². The highest BCUT2D eigenvalue weighted by atomic mass is 16.2. The van der Waals surface area contributed by atoms with Gasteiger partial charge in [0.2, 0.25) is 5.91 Å². The van der Waals surface area contributed by atoms with Gasteiger partial charge in [0.1, 0.15) is 17.4 Å². The Bertz CT molecular complexity index is 1230. The molecule has 6 N–H and O–H groups in total. The Balaban J connectivity index is 1.36. The molecule has 0 radical (unpaired) electrons. The van der Waals surface area contributed by atoms with E-state index in [9.17, 15) is 14.4 Å². The molecule has 0 spiro atoms. The predicted octanol–water partition coefficient (Wildman–Crippen LogP) is 3.50. The van der Waals surface area contributed by atoms with Crippen molar-refractivity contribution in [2.75, 3.05) is 5.73 Å². The van der Waals surface area contributed by atoms with Crippen molar-refractivity contribution in [3.63, 3.8) is 0 Å². The van der Waals surface area contributed by atoms with Crippen LogP contribution in [0.2, 0.25) is 0 Å². The van der Waals surface area contributed by atoms with Crippen molar-refractivity contribution in [3.05, 3.63) is 77.5 Å². The van der Waals surface area contributed by atoms with Gasteiger partial charge in [0.15, 0.2) is 0 Å². The molecule has 2 atom stereocenters. The largest absolute Gasteiger partial charge is 0.383 e. The quantitative estimate of drug-likeness (QED) is 0.354. The van der Waals surface area contributed by atoms with Crippen molar-refractivity contribution >= 4 is 23.5 Å². The second-order valence-corrected chi connectivity index (χ2v) is 9.68. The molecule has 0 aliphatic heterocycles. The topological polar surface area (TPSA) is 145 Å². The van der Waals surface area contributed by atoms with Gasteiger partial charge in [-0.3, -0.25) is 14.4 Å². The van der Waals surface area contributed by atoms with Gasteiger partial charge in [-0.05, 0) is 49.1 Å². The molecule has 9 nitrogen and oxygen atoms in total. The Labute approximate surface area is 216 Å². The number of nitrogen functional groups attached to an aromatic ring is 1. The second-order valence-electron chi connectivity index (χ2n) is 9.68. The minimum atomic E-state index is -0.684. The molecule has 1 fully saturated rings. The molecular formula is C28H34N6O3. The number of nitrogens with zero attached hydrogens (tertiary/aromatic N) is 2. The molecule has 1 aliphatic rings. The number of rotatable bonds is 9. The summed E-state index contributed by atoms with van der Waals surface area (Å²) in [6.45, 7) is 1.85. The number of aromatic nitrogens is 2. The van der Waals surface area contributed by atoms with Gasteiger partial charge in [0.05, 0.1) is 17.9 Å². The van der Waals surface area contributed by atoms with Crippen molar-refractivity contribution in [1.29, 1.82) is 0 Å². The fourth-order valence-corrected chi connectivity index (χ4v) is 4.83. The number of hydrogen-bond acceptors (Lipinski definition) is 5. The van der Waals surface area contributed by atoms with Crippen LogP contribution in [0.1, 0.15) is 77.8 Å². The zero-order chi connectivity index (χ0) is 26.4. The number of primary amides is 1. The summed E-state index contributed by atoms with van der Waals surface area (Å²) in [6.07, 6.45) is 7.68. The van der Waals surface area contributed by atoms with Crippen LogP contribution in [-0.4, -0.2) is 33.5 Å². The molecule has 1 aromatic heterocycles. The highest BCUT2D eigenvalue weighted by Crippen LogP contribution is 2.27. The Morgan fingerprint density at radius 3 is 2.30 bits per heavy atom. The van der Waals surface area contributed by atoms with Crippen LogP contribution in [-0.2, 0) is 4.79 Å². The Hall–Kier alpha value is -4.14. The van der Waals surface area contributed by atoms with E-state index in [0.717, 1.165) is 36.9 Å². The van der Waals surface area contributed by atoms with Crippen LogP contribution >= 0.6 is 0 Å². The molecule has 3 aromatic rings. The van der Waals surface area contributed by atoms with Crippen LogP contribution in [0.3, 0.4) is 0 Å². The fourth-order valence-electron chi connectivity index (χ4n) is 4.83. The van der Waals surface area contributed by atoms with Crippen molar-refractivity contribution in [1.82, 2.24) is 20.4 Å². The molecular weight excluding hydrogens is 468 g/mol. The van der Waals surface area contributed by atoms with Crippen LogP contribution in [0.15, 0.2) is 60.8 Å². The van der Waals surface area contributed by atoms with E-state index < -0.39 is 11.9 Å². The number of benzene rings is 2. The van der Waals surface area contributed by atoms with Crippen LogP contribution in [0.5, 0.6) is 0 Å². The lowest BCUT2D eigenvalue weighted by Gasteiger charge is -2.25. The first-order valence-electron chi connectivity index (χ1n) is 12.7. The van der Waals surface area contributed by atoms with Crippen molar-refractivity contribution in [2.45, 2.75) is 57.5 Å². The van der Waals surface area contributed by atoms with E-state index in [2.05, 4.69) is 15.7 Å². The number of anilines is 1. The number of carbonyl (C=O) groups is 3. The molecule has 1 aliphatic carbocycles. The Kier molecular flexibility index (Phi) is 8.22. The molecule has 1 heterocycles. The number of nitrogens with two attached hydrogens (primary N) is 2. The molecule has 4 rings (SSSR count). The average Bonchev–Trinajstić information content (AvgIpc) is 3.30. The van der Waals surface area contributed by atoms with Crippen molar-refractivity contribution in [3.8, 4) is 5.69 Å². The molecule has 1 unspecified atom stereocenters. The number of nitrogens with one attached hydrogen (secondary N) is 2. The minimum Gasteiger partial charge on any atom is -0.383 e. The summed E-state index contributed by atoms with van der Waals surface area (Å²) in [4.78, 5) is 37.6. The van der Waals surface area contributed by atoms with Crippen LogP contribution < -0.4 is 22.1 Å². The van der Waals surface area contributed by atoms with Gasteiger partial charge < -0.3 is 22.1 Å². The normalized spacial score (nSPS) is 15.5. The number of hydrogen-bond donors (Lipinski definition) is 4. The smallest absolute Gasteiger partial charge is 0.257 e. The van der Waals surface area contributed by atoms with Crippen LogP contribution in [0.25, 0.3) is 5.69 Å². The van der Waals surface area contributed by atoms with Crippen LogP contribution in [0.4, 0.5) is 5.82 Å². The zero-order valence-electron chi connectivity index (χ0n) is 21.0. The second kappa shape index (κ2) is 11.7. The zero-order valence-corrected chi connectivity index (χ0v) is 21.0. The summed E-state index contributed by atoms with van der Waals surface area (Å²) in [5.41, 5.74) is 14.0. The lowest BCUT2D eigenvalue weighted by atomic mass is 9.84. The number of para-hydroxylation sites is 1. The van der Waals surface area contributed by atoms with Gasteiger partial charge >= 0.3 is 0 Å². The first-order valence-corrected chi connectivity index (χ1v) is 12.7. The average molecular weight is 503 g/mol. The first-order chi connectivity index (χ1) is 17.8. The molecule has 194 valence electrons. The van der Waals surface area contributed by atoms with Gasteiger partial charge in [-0.1, -0.05) is 62.4 Å². The third kappa shape index (κ3) is 6.35. The summed E-state index contributed by atoms with van der Waals surface area (Å²) in [5.74, 6) is -0.543. The minimum absolute atomic E-state index is 0.250. The van der Waals surface area contributed by atoms with E-state index in [4.69, 9.17) is 11.5 Å². The van der Waals surface area contributed by atoms with E-state index in [0.29, 0.717) is 17.9 Å². The molecule has 37 heavy (non-hydrogen) atoms.